The van der Waals surface area contributed by atoms with Crippen LogP contribution in [0.25, 0.3) is 0 Å². The zero-order valence-corrected chi connectivity index (χ0v) is 14.5. The van der Waals surface area contributed by atoms with Crippen molar-refractivity contribution in [1.82, 2.24) is 0 Å². The minimum Gasteiger partial charge on any atom is -0.507 e. The van der Waals surface area contributed by atoms with Crippen molar-refractivity contribution in [3.63, 3.8) is 0 Å². The Kier molecular flexibility index (Phi) is 5.36. The summed E-state index contributed by atoms with van der Waals surface area (Å²) in [5.74, 6) is -1.27. The molecule has 0 radical (unpaired) electrons. The van der Waals surface area contributed by atoms with Crippen molar-refractivity contribution < 1.29 is 27.2 Å². The van der Waals surface area contributed by atoms with Gasteiger partial charge in [-0.05, 0) is 37.6 Å². The van der Waals surface area contributed by atoms with Crippen LogP contribution in [0, 0.1) is 6.92 Å². The van der Waals surface area contributed by atoms with E-state index < -0.39 is 21.8 Å². The molecule has 8 heteroatoms. The summed E-state index contributed by atoms with van der Waals surface area (Å²) >= 11 is 5.87. The number of aromatic hydroxyl groups is 1. The number of benzene rings is 2. The Bertz CT molecular complexity index is 853. The number of hydrogen-bond donors (Lipinski definition) is 1. The fourth-order valence-corrected chi connectivity index (χ4v) is 3.48. The second kappa shape index (κ2) is 7.11. The number of hydrogen-bond acceptors (Lipinski definition) is 6. The molecule has 1 N–H and O–H groups in total. The van der Waals surface area contributed by atoms with Crippen LogP contribution in [-0.2, 0) is 14.9 Å². The number of phenols is 1. The van der Waals surface area contributed by atoms with Crippen molar-refractivity contribution >= 4 is 27.7 Å². The van der Waals surface area contributed by atoms with E-state index in [2.05, 4.69) is 0 Å². The van der Waals surface area contributed by atoms with Crippen LogP contribution in [0.4, 0.5) is 0 Å². The van der Waals surface area contributed by atoms with Crippen LogP contribution in [0.2, 0.25) is 5.02 Å². The highest BCUT2D eigenvalue weighted by molar-refractivity contribution is 7.87. The Hall–Kier alpha value is -2.25. The molecule has 0 aliphatic carbocycles. The fourth-order valence-electron chi connectivity index (χ4n) is 2.07. The van der Waals surface area contributed by atoms with E-state index in [0.29, 0.717) is 5.56 Å². The quantitative estimate of drug-likeness (QED) is 0.641. The van der Waals surface area contributed by atoms with Crippen molar-refractivity contribution in [2.24, 2.45) is 0 Å². The summed E-state index contributed by atoms with van der Waals surface area (Å²) in [5, 5.41) is 10.0. The lowest BCUT2D eigenvalue weighted by atomic mass is 10.1. The van der Waals surface area contributed by atoms with E-state index in [0.717, 1.165) is 6.07 Å². The predicted octanol–water partition coefficient (Wildman–Crippen LogP) is 3.30. The summed E-state index contributed by atoms with van der Waals surface area (Å²) in [7, 11) is -4.18. The average molecular weight is 371 g/mol. The number of esters is 1. The third-order valence-electron chi connectivity index (χ3n) is 3.08. The molecule has 24 heavy (non-hydrogen) atoms. The smallest absolute Gasteiger partial charge is 0.342 e. The van der Waals surface area contributed by atoms with Gasteiger partial charge in [-0.25, -0.2) is 4.79 Å². The van der Waals surface area contributed by atoms with Crippen LogP contribution < -0.4 is 4.18 Å². The largest absolute Gasteiger partial charge is 0.507 e. The lowest BCUT2D eigenvalue weighted by Gasteiger charge is -2.12. The highest BCUT2D eigenvalue weighted by Crippen LogP contribution is 2.31. The molecule has 0 aromatic heterocycles. The molecule has 0 unspecified atom stereocenters. The summed E-state index contributed by atoms with van der Waals surface area (Å²) < 4.78 is 34.4. The molecule has 0 bridgehead atoms. The second-order valence-corrected chi connectivity index (χ2v) is 6.74. The molecule has 0 atom stereocenters. The molecule has 0 heterocycles. The number of halogens is 1. The molecule has 2 aromatic rings. The van der Waals surface area contributed by atoms with Gasteiger partial charge >= 0.3 is 16.1 Å². The summed E-state index contributed by atoms with van der Waals surface area (Å²) in [6.45, 7) is 3.32. The van der Waals surface area contributed by atoms with Crippen LogP contribution in [0.5, 0.6) is 11.5 Å². The molecular weight excluding hydrogens is 356 g/mol. The number of ether oxygens (including phenoxy) is 1. The van der Waals surface area contributed by atoms with Crippen molar-refractivity contribution in [3.05, 3.63) is 52.5 Å². The normalized spacial score (nSPS) is 11.1. The van der Waals surface area contributed by atoms with Gasteiger partial charge in [0.2, 0.25) is 0 Å². The standard InChI is InChI=1S/C16H15ClO6S/c1-3-22-16(19)15-10(2)8-11(9-13(15)18)23-24(20,21)14-7-5-4-6-12(14)17/h4-9,18H,3H2,1-2H3. The van der Waals surface area contributed by atoms with Crippen LogP contribution in [0.15, 0.2) is 41.3 Å². The maximum absolute atomic E-state index is 12.3. The van der Waals surface area contributed by atoms with E-state index in [-0.39, 0.29) is 27.8 Å². The Morgan fingerprint density at radius 2 is 1.92 bits per heavy atom. The van der Waals surface area contributed by atoms with Crippen LogP contribution >= 0.6 is 11.6 Å². The summed E-state index contributed by atoms with van der Waals surface area (Å²) in [4.78, 5) is 11.6. The Balaban J connectivity index is 2.38. The van der Waals surface area contributed by atoms with Gasteiger partial charge in [0.15, 0.2) is 0 Å². The molecule has 6 nitrogen and oxygen atoms in total. The van der Waals surface area contributed by atoms with Gasteiger partial charge in [0.1, 0.15) is 22.0 Å². The summed E-state index contributed by atoms with van der Waals surface area (Å²) in [6, 6.07) is 8.18. The lowest BCUT2D eigenvalue weighted by molar-refractivity contribution is 0.0522. The molecule has 0 aliphatic heterocycles. The fraction of sp³-hybridized carbons (Fsp3) is 0.188. The Morgan fingerprint density at radius 1 is 1.25 bits per heavy atom. The number of carbonyl (C=O) groups excluding carboxylic acids is 1. The van der Waals surface area contributed by atoms with Crippen LogP contribution in [0.3, 0.4) is 0 Å². The zero-order valence-electron chi connectivity index (χ0n) is 12.9. The van der Waals surface area contributed by atoms with Gasteiger partial charge in [0.25, 0.3) is 0 Å². The van der Waals surface area contributed by atoms with Gasteiger partial charge in [0, 0.05) is 6.07 Å². The highest BCUT2D eigenvalue weighted by Gasteiger charge is 2.23. The third-order valence-corrected chi connectivity index (χ3v) is 4.83. The highest BCUT2D eigenvalue weighted by atomic mass is 35.5. The van der Waals surface area contributed by atoms with Gasteiger partial charge in [-0.15, -0.1) is 0 Å². The van der Waals surface area contributed by atoms with Gasteiger partial charge < -0.3 is 14.0 Å². The second-order valence-electron chi connectivity index (χ2n) is 4.82. The molecular formula is C16H15ClO6S. The minimum absolute atomic E-state index is 0.0154. The first-order chi connectivity index (χ1) is 11.3. The van der Waals surface area contributed by atoms with E-state index >= 15 is 0 Å². The molecule has 0 amide bonds. The monoisotopic (exact) mass is 370 g/mol. The Labute approximate surface area is 144 Å². The average Bonchev–Trinajstić information content (AvgIpc) is 2.46. The molecule has 0 aliphatic rings. The third kappa shape index (κ3) is 3.80. The van der Waals surface area contributed by atoms with E-state index in [4.69, 9.17) is 20.5 Å². The zero-order chi connectivity index (χ0) is 17.9. The SMILES string of the molecule is CCOC(=O)c1c(C)cc(OS(=O)(=O)c2ccccc2Cl)cc1O. The predicted molar refractivity (Wildman–Crippen MR) is 88.1 cm³/mol. The number of rotatable bonds is 5. The molecule has 0 fully saturated rings. The molecule has 0 spiro atoms. The van der Waals surface area contributed by atoms with Crippen LogP contribution in [-0.4, -0.2) is 26.1 Å². The van der Waals surface area contributed by atoms with Crippen molar-refractivity contribution in [2.75, 3.05) is 6.61 Å². The van der Waals surface area contributed by atoms with Crippen molar-refractivity contribution in [1.29, 1.82) is 0 Å². The first-order valence-electron chi connectivity index (χ1n) is 6.96. The minimum atomic E-state index is -4.18. The van der Waals surface area contributed by atoms with Gasteiger partial charge in [-0.3, -0.25) is 0 Å². The maximum Gasteiger partial charge on any atom is 0.342 e. The van der Waals surface area contributed by atoms with E-state index in [1.54, 1.807) is 13.0 Å². The molecule has 128 valence electrons. The molecule has 0 saturated carbocycles. The maximum atomic E-state index is 12.3. The molecule has 2 rings (SSSR count). The van der Waals surface area contributed by atoms with E-state index in [9.17, 15) is 18.3 Å². The summed E-state index contributed by atoms with van der Waals surface area (Å²) in [6.07, 6.45) is 0. The molecule has 0 saturated heterocycles. The van der Waals surface area contributed by atoms with Gasteiger partial charge in [0.05, 0.1) is 11.6 Å². The number of phenolic OH excluding ortho intramolecular Hbond substituents is 1. The first kappa shape index (κ1) is 18.1. The van der Waals surface area contributed by atoms with E-state index in [1.165, 1.54) is 31.2 Å². The van der Waals surface area contributed by atoms with Crippen LogP contribution in [0.1, 0.15) is 22.8 Å². The van der Waals surface area contributed by atoms with Gasteiger partial charge in [-0.1, -0.05) is 23.7 Å². The summed E-state index contributed by atoms with van der Waals surface area (Å²) in [5.41, 5.74) is 0.275. The first-order valence-corrected chi connectivity index (χ1v) is 8.74. The molecule has 2 aromatic carbocycles. The van der Waals surface area contributed by atoms with Gasteiger partial charge in [-0.2, -0.15) is 8.42 Å². The van der Waals surface area contributed by atoms with E-state index in [1.807, 2.05) is 0 Å². The lowest BCUT2D eigenvalue weighted by Crippen LogP contribution is -2.11. The number of carbonyl (C=O) groups is 1. The number of aryl methyl sites for hydroxylation is 1. The van der Waals surface area contributed by atoms with Crippen molar-refractivity contribution in [2.45, 2.75) is 18.7 Å². The van der Waals surface area contributed by atoms with Crippen molar-refractivity contribution in [3.8, 4) is 11.5 Å². The topological polar surface area (TPSA) is 89.9 Å². The Morgan fingerprint density at radius 3 is 2.50 bits per heavy atom.